The summed E-state index contributed by atoms with van der Waals surface area (Å²) in [7, 11) is 0. The Kier molecular flexibility index (Phi) is 6.38. The van der Waals surface area contributed by atoms with Gasteiger partial charge in [0.2, 0.25) is 11.8 Å². The quantitative estimate of drug-likeness (QED) is 0.536. The topological polar surface area (TPSA) is 67.9 Å². The van der Waals surface area contributed by atoms with Gasteiger partial charge in [-0.1, -0.05) is 31.4 Å². The number of hydrogen-bond donors (Lipinski definition) is 1. The van der Waals surface area contributed by atoms with Gasteiger partial charge < -0.3 is 14.8 Å². The maximum Gasteiger partial charge on any atom is 0.229 e. The smallest absolute Gasteiger partial charge is 0.229 e. The fourth-order valence-corrected chi connectivity index (χ4v) is 4.89. The van der Waals surface area contributed by atoms with Crippen molar-refractivity contribution in [2.45, 2.75) is 63.9 Å². The van der Waals surface area contributed by atoms with E-state index in [0.29, 0.717) is 26.0 Å². The third kappa shape index (κ3) is 4.92. The number of ether oxygens (including phenoxy) is 2. The van der Waals surface area contributed by atoms with Crippen LogP contribution in [0.2, 0.25) is 0 Å². The Hall–Kier alpha value is -2.08. The van der Waals surface area contributed by atoms with Crippen LogP contribution >= 0.6 is 0 Å². The van der Waals surface area contributed by atoms with Crippen LogP contribution in [-0.2, 0) is 9.59 Å². The van der Waals surface area contributed by atoms with E-state index in [-0.39, 0.29) is 23.3 Å². The first-order valence-electron chi connectivity index (χ1n) is 11.1. The molecule has 1 spiro atoms. The number of rotatable bonds is 8. The Labute approximate surface area is 172 Å². The second-order valence-corrected chi connectivity index (χ2v) is 8.76. The van der Waals surface area contributed by atoms with Gasteiger partial charge in [0.05, 0.1) is 0 Å². The lowest BCUT2D eigenvalue weighted by Gasteiger charge is -2.37. The van der Waals surface area contributed by atoms with Crippen molar-refractivity contribution in [3.63, 3.8) is 0 Å². The molecule has 1 atom stereocenters. The predicted octanol–water partition coefficient (Wildman–Crippen LogP) is 3.30. The normalized spacial score (nSPS) is 23.0. The van der Waals surface area contributed by atoms with Gasteiger partial charge in [-0.3, -0.25) is 14.5 Å². The Morgan fingerprint density at radius 1 is 1.00 bits per heavy atom. The van der Waals surface area contributed by atoms with Crippen LogP contribution in [0.4, 0.5) is 0 Å². The Balaban J connectivity index is 1.08. The van der Waals surface area contributed by atoms with Crippen molar-refractivity contribution in [1.82, 2.24) is 10.2 Å². The first-order valence-corrected chi connectivity index (χ1v) is 11.1. The number of nitrogens with zero attached hydrogens (tertiary/aromatic N) is 1. The monoisotopic (exact) mass is 400 g/mol. The molecule has 29 heavy (non-hydrogen) atoms. The molecular formula is C23H32N2O4. The molecule has 1 aromatic carbocycles. The molecule has 1 saturated carbocycles. The SMILES string of the molecule is O=C1CC2(CCCC2)CC(=O)N1CCCCCNCC1COc2ccccc2O1. The summed E-state index contributed by atoms with van der Waals surface area (Å²) in [5, 5.41) is 3.42. The lowest BCUT2D eigenvalue weighted by atomic mass is 9.76. The highest BCUT2D eigenvalue weighted by molar-refractivity contribution is 5.98. The van der Waals surface area contributed by atoms with E-state index in [4.69, 9.17) is 9.47 Å². The minimum atomic E-state index is 0.00000482. The Morgan fingerprint density at radius 2 is 1.72 bits per heavy atom. The molecule has 2 amide bonds. The van der Waals surface area contributed by atoms with Gasteiger partial charge in [0.1, 0.15) is 12.7 Å². The minimum Gasteiger partial charge on any atom is -0.486 e. The lowest BCUT2D eigenvalue weighted by molar-refractivity contribution is -0.153. The van der Waals surface area contributed by atoms with Crippen molar-refractivity contribution in [3.05, 3.63) is 24.3 Å². The number of nitrogens with one attached hydrogen (secondary N) is 1. The predicted molar refractivity (Wildman–Crippen MR) is 110 cm³/mol. The van der Waals surface area contributed by atoms with E-state index in [9.17, 15) is 9.59 Å². The molecule has 4 rings (SSSR count). The second kappa shape index (κ2) is 9.16. The molecule has 1 N–H and O–H groups in total. The van der Waals surface area contributed by atoms with Crippen LogP contribution in [-0.4, -0.2) is 49.1 Å². The number of hydrogen-bond acceptors (Lipinski definition) is 5. The first-order chi connectivity index (χ1) is 14.2. The Bertz CT molecular complexity index is 709. The number of fused-ring (bicyclic) bond motifs is 1. The van der Waals surface area contributed by atoms with Gasteiger partial charge in [-0.2, -0.15) is 0 Å². The van der Waals surface area contributed by atoms with Gasteiger partial charge >= 0.3 is 0 Å². The number of piperidine rings is 1. The molecule has 1 unspecified atom stereocenters. The summed E-state index contributed by atoms with van der Waals surface area (Å²) in [6.45, 7) is 2.78. The summed E-state index contributed by atoms with van der Waals surface area (Å²) in [6, 6.07) is 7.74. The molecule has 2 heterocycles. The van der Waals surface area contributed by atoms with Gasteiger partial charge in [0, 0.05) is 25.9 Å². The van der Waals surface area contributed by atoms with Crippen LogP contribution in [0.3, 0.4) is 0 Å². The average Bonchev–Trinajstić information content (AvgIpc) is 3.16. The molecule has 1 saturated heterocycles. The summed E-state index contributed by atoms with van der Waals surface area (Å²) >= 11 is 0. The Morgan fingerprint density at radius 3 is 2.48 bits per heavy atom. The van der Waals surface area contributed by atoms with E-state index in [1.54, 1.807) is 0 Å². The molecule has 0 bridgehead atoms. The zero-order chi connectivity index (χ0) is 20.1. The number of carbonyl (C=O) groups is 2. The van der Waals surface area contributed by atoms with Crippen molar-refractivity contribution in [3.8, 4) is 11.5 Å². The van der Waals surface area contributed by atoms with Crippen LogP contribution < -0.4 is 14.8 Å². The van der Waals surface area contributed by atoms with E-state index in [1.165, 1.54) is 4.90 Å². The number of para-hydroxylation sites is 2. The van der Waals surface area contributed by atoms with E-state index >= 15 is 0 Å². The maximum atomic E-state index is 12.5. The number of amides is 2. The third-order valence-electron chi connectivity index (χ3n) is 6.49. The van der Waals surface area contributed by atoms with Crippen molar-refractivity contribution < 1.29 is 19.1 Å². The van der Waals surface area contributed by atoms with Crippen LogP contribution in [0.15, 0.2) is 24.3 Å². The van der Waals surface area contributed by atoms with Gasteiger partial charge in [0.25, 0.3) is 0 Å². The molecule has 1 aliphatic carbocycles. The fourth-order valence-electron chi connectivity index (χ4n) is 4.89. The third-order valence-corrected chi connectivity index (χ3v) is 6.49. The van der Waals surface area contributed by atoms with Crippen molar-refractivity contribution in [2.24, 2.45) is 5.41 Å². The highest BCUT2D eigenvalue weighted by atomic mass is 16.6. The second-order valence-electron chi connectivity index (χ2n) is 8.76. The van der Waals surface area contributed by atoms with Crippen LogP contribution in [0.5, 0.6) is 11.5 Å². The largest absolute Gasteiger partial charge is 0.486 e. The summed E-state index contributed by atoms with van der Waals surface area (Å²) in [5.74, 6) is 1.72. The van der Waals surface area contributed by atoms with Gasteiger partial charge in [-0.25, -0.2) is 0 Å². The first kappa shape index (κ1) is 20.2. The summed E-state index contributed by atoms with van der Waals surface area (Å²) in [6.07, 6.45) is 8.50. The van der Waals surface area contributed by atoms with E-state index in [2.05, 4.69) is 5.32 Å². The molecule has 3 aliphatic rings. The molecule has 0 aromatic heterocycles. The molecule has 6 heteroatoms. The molecule has 2 aliphatic heterocycles. The molecular weight excluding hydrogens is 368 g/mol. The lowest BCUT2D eigenvalue weighted by Crippen LogP contribution is -2.47. The average molecular weight is 401 g/mol. The van der Waals surface area contributed by atoms with Crippen molar-refractivity contribution in [2.75, 3.05) is 26.2 Å². The number of unbranched alkanes of at least 4 members (excludes halogenated alkanes) is 2. The van der Waals surface area contributed by atoms with Gasteiger partial charge in [0.15, 0.2) is 11.5 Å². The highest BCUT2D eigenvalue weighted by Crippen LogP contribution is 2.46. The number of carbonyl (C=O) groups excluding carboxylic acids is 2. The zero-order valence-electron chi connectivity index (χ0n) is 17.2. The minimum absolute atomic E-state index is 0.00000482. The fraction of sp³-hybridized carbons (Fsp3) is 0.652. The summed E-state index contributed by atoms with van der Waals surface area (Å²) in [4.78, 5) is 26.4. The molecule has 0 radical (unpaired) electrons. The van der Waals surface area contributed by atoms with Crippen molar-refractivity contribution >= 4 is 11.8 Å². The summed E-state index contributed by atoms with van der Waals surface area (Å²) in [5.41, 5.74) is 0.00000482. The number of likely N-dealkylation sites (tertiary alicyclic amines) is 1. The van der Waals surface area contributed by atoms with Gasteiger partial charge in [-0.05, 0) is 49.8 Å². The van der Waals surface area contributed by atoms with Crippen LogP contribution in [0.1, 0.15) is 57.8 Å². The zero-order valence-corrected chi connectivity index (χ0v) is 17.2. The number of imide groups is 1. The molecule has 2 fully saturated rings. The van der Waals surface area contributed by atoms with E-state index < -0.39 is 0 Å². The number of benzene rings is 1. The standard InChI is InChI=1S/C23H32N2O4/c26-21-14-23(10-4-5-11-23)15-22(27)25(21)13-7-1-6-12-24-16-18-17-28-19-8-2-3-9-20(19)29-18/h2-3,8-9,18,24H,1,4-7,10-17H2. The highest BCUT2D eigenvalue weighted by Gasteiger charge is 2.44. The summed E-state index contributed by atoms with van der Waals surface area (Å²) < 4.78 is 11.7. The van der Waals surface area contributed by atoms with E-state index in [0.717, 1.165) is 69.5 Å². The van der Waals surface area contributed by atoms with Gasteiger partial charge in [-0.15, -0.1) is 0 Å². The molecule has 6 nitrogen and oxygen atoms in total. The van der Waals surface area contributed by atoms with Crippen molar-refractivity contribution in [1.29, 1.82) is 0 Å². The molecule has 158 valence electrons. The molecule has 1 aromatic rings. The maximum absolute atomic E-state index is 12.5. The van der Waals surface area contributed by atoms with Crippen LogP contribution in [0.25, 0.3) is 0 Å². The van der Waals surface area contributed by atoms with Crippen LogP contribution in [0, 0.1) is 5.41 Å². The van der Waals surface area contributed by atoms with E-state index in [1.807, 2.05) is 24.3 Å².